The highest BCUT2D eigenvalue weighted by Gasteiger charge is 2.26. The molecule has 2 amide bonds. The van der Waals surface area contributed by atoms with E-state index in [0.717, 1.165) is 69.9 Å². The van der Waals surface area contributed by atoms with Gasteiger partial charge >= 0.3 is 0 Å². The van der Waals surface area contributed by atoms with Crippen molar-refractivity contribution < 1.29 is 9.59 Å². The number of pyridine rings is 1. The molecule has 5 rings (SSSR count). The van der Waals surface area contributed by atoms with Crippen molar-refractivity contribution >= 4 is 40.1 Å². The summed E-state index contributed by atoms with van der Waals surface area (Å²) in [7, 11) is 0. The molecule has 4 aromatic rings. The minimum Gasteiger partial charge on any atom is -0.358 e. The van der Waals surface area contributed by atoms with Crippen LogP contribution in [0.2, 0.25) is 0 Å². The van der Waals surface area contributed by atoms with Gasteiger partial charge in [0.2, 0.25) is 0 Å². The minimum atomic E-state index is -0.161. The Morgan fingerprint density at radius 1 is 1.05 bits per heavy atom. The second-order valence-corrected chi connectivity index (χ2v) is 9.64. The third kappa shape index (κ3) is 4.85. The Labute approximate surface area is 223 Å². The molecule has 2 aromatic heterocycles. The van der Waals surface area contributed by atoms with Crippen LogP contribution in [0, 0.1) is 13.8 Å². The number of nitrogens with one attached hydrogen (secondary N) is 3. The van der Waals surface area contributed by atoms with Crippen molar-refractivity contribution in [2.75, 3.05) is 31.5 Å². The molecule has 0 unspecified atom stereocenters. The second kappa shape index (κ2) is 10.6. The van der Waals surface area contributed by atoms with Crippen LogP contribution in [0.4, 0.5) is 5.69 Å². The largest absolute Gasteiger partial charge is 0.358 e. The normalized spacial score (nSPS) is 13.8. The Morgan fingerprint density at radius 2 is 1.84 bits per heavy atom. The molecule has 1 aliphatic heterocycles. The lowest BCUT2D eigenvalue weighted by molar-refractivity contribution is -0.110. The third-order valence-corrected chi connectivity index (χ3v) is 7.33. The fourth-order valence-electron chi connectivity index (χ4n) is 5.10. The average molecular weight is 508 g/mol. The average Bonchev–Trinajstić information content (AvgIpc) is 3.39. The fourth-order valence-corrected chi connectivity index (χ4v) is 5.10. The highest BCUT2D eigenvalue weighted by molar-refractivity contribution is 6.35. The molecule has 0 fully saturated rings. The zero-order valence-electron chi connectivity index (χ0n) is 22.3. The van der Waals surface area contributed by atoms with Crippen LogP contribution >= 0.6 is 0 Å². The first-order valence-electron chi connectivity index (χ1n) is 13.1. The molecule has 1 aliphatic rings. The lowest BCUT2D eigenvalue weighted by atomic mass is 9.98. The van der Waals surface area contributed by atoms with Crippen molar-refractivity contribution in [3.8, 4) is 11.1 Å². The summed E-state index contributed by atoms with van der Waals surface area (Å²) in [5.74, 6) is -0.263. The van der Waals surface area contributed by atoms with E-state index in [2.05, 4.69) is 45.4 Å². The molecule has 194 valence electrons. The van der Waals surface area contributed by atoms with Gasteiger partial charge in [-0.15, -0.1) is 0 Å². The zero-order valence-corrected chi connectivity index (χ0v) is 22.3. The summed E-state index contributed by atoms with van der Waals surface area (Å²) in [6.07, 6.45) is 3.71. The maximum atomic E-state index is 13.0. The first kappa shape index (κ1) is 25.4. The Hall–Kier alpha value is -4.23. The van der Waals surface area contributed by atoms with E-state index in [-0.39, 0.29) is 11.8 Å². The number of benzene rings is 2. The SMILES string of the molecule is CCN(CC)CCNC(=O)c1c(C)[nH]c(/C=C2\C(=O)Nc3ccc(-c4cnc5ccccc5c4)cc32)c1C. The van der Waals surface area contributed by atoms with Crippen molar-refractivity contribution in [3.05, 3.63) is 82.8 Å². The summed E-state index contributed by atoms with van der Waals surface area (Å²) in [6, 6.07) is 16.1. The molecule has 7 nitrogen and oxygen atoms in total. The van der Waals surface area contributed by atoms with Gasteiger partial charge in [0, 0.05) is 52.9 Å². The lowest BCUT2D eigenvalue weighted by Gasteiger charge is -2.18. The van der Waals surface area contributed by atoms with E-state index in [1.165, 1.54) is 0 Å². The Kier molecular flexibility index (Phi) is 7.11. The van der Waals surface area contributed by atoms with Crippen LogP contribution in [-0.2, 0) is 4.79 Å². The molecule has 0 atom stereocenters. The van der Waals surface area contributed by atoms with E-state index in [4.69, 9.17) is 0 Å². The van der Waals surface area contributed by atoms with Crippen molar-refractivity contribution in [1.29, 1.82) is 0 Å². The number of hydrogen-bond donors (Lipinski definition) is 3. The number of likely N-dealkylation sites (N-methyl/N-ethyl adjacent to an activating group) is 1. The molecule has 0 radical (unpaired) electrons. The number of carbonyl (C=O) groups is 2. The van der Waals surface area contributed by atoms with Crippen LogP contribution < -0.4 is 10.6 Å². The molecule has 38 heavy (non-hydrogen) atoms. The van der Waals surface area contributed by atoms with Crippen LogP contribution in [0.25, 0.3) is 33.7 Å². The maximum absolute atomic E-state index is 13.0. The van der Waals surface area contributed by atoms with Crippen LogP contribution in [0.15, 0.2) is 54.7 Å². The monoisotopic (exact) mass is 507 g/mol. The van der Waals surface area contributed by atoms with Crippen LogP contribution in [0.3, 0.4) is 0 Å². The van der Waals surface area contributed by atoms with E-state index in [0.29, 0.717) is 17.7 Å². The number of anilines is 1. The highest BCUT2D eigenvalue weighted by Crippen LogP contribution is 2.37. The predicted molar refractivity (Wildman–Crippen MR) is 154 cm³/mol. The summed E-state index contributed by atoms with van der Waals surface area (Å²) in [5, 5.41) is 7.08. The number of hydrogen-bond acceptors (Lipinski definition) is 4. The second-order valence-electron chi connectivity index (χ2n) is 9.64. The van der Waals surface area contributed by atoms with Crippen molar-refractivity contribution in [2.45, 2.75) is 27.7 Å². The van der Waals surface area contributed by atoms with Crippen molar-refractivity contribution in [1.82, 2.24) is 20.2 Å². The van der Waals surface area contributed by atoms with E-state index in [1.807, 2.05) is 68.6 Å². The van der Waals surface area contributed by atoms with Gasteiger partial charge in [-0.05, 0) is 68.4 Å². The lowest BCUT2D eigenvalue weighted by Crippen LogP contribution is -2.35. The summed E-state index contributed by atoms with van der Waals surface area (Å²) in [4.78, 5) is 36.1. The van der Waals surface area contributed by atoms with Crippen LogP contribution in [-0.4, -0.2) is 52.9 Å². The zero-order chi connectivity index (χ0) is 26.8. The van der Waals surface area contributed by atoms with Crippen molar-refractivity contribution in [2.24, 2.45) is 0 Å². The van der Waals surface area contributed by atoms with E-state index in [9.17, 15) is 9.59 Å². The summed E-state index contributed by atoms with van der Waals surface area (Å²) < 4.78 is 0. The molecule has 0 spiro atoms. The van der Waals surface area contributed by atoms with Gasteiger partial charge in [0.25, 0.3) is 11.8 Å². The smallest absolute Gasteiger partial charge is 0.256 e. The number of aryl methyl sites for hydroxylation is 1. The first-order chi connectivity index (χ1) is 18.4. The standard InChI is InChI=1S/C31H33N5O2/c1-5-36(6-2)14-13-32-31(38)29-19(3)28(34-20(29)4)17-25-24-16-21(11-12-27(24)35-30(25)37)23-15-22-9-7-8-10-26(22)33-18-23/h7-12,15-18,34H,5-6,13-14H2,1-4H3,(H,32,38)(H,35,37)/b25-17-. The Balaban J connectivity index is 1.44. The number of rotatable bonds is 8. The minimum absolute atomic E-state index is 0.101. The number of H-pyrrole nitrogens is 1. The maximum Gasteiger partial charge on any atom is 0.256 e. The van der Waals surface area contributed by atoms with Gasteiger partial charge < -0.3 is 20.5 Å². The first-order valence-corrected chi connectivity index (χ1v) is 13.1. The number of carbonyl (C=O) groups excluding carboxylic acids is 2. The summed E-state index contributed by atoms with van der Waals surface area (Å²) >= 11 is 0. The van der Waals surface area contributed by atoms with Crippen molar-refractivity contribution in [3.63, 3.8) is 0 Å². The van der Waals surface area contributed by atoms with Gasteiger partial charge in [-0.25, -0.2) is 0 Å². The fraction of sp³-hybridized carbons (Fsp3) is 0.258. The Morgan fingerprint density at radius 3 is 2.63 bits per heavy atom. The Bertz CT molecular complexity index is 1560. The van der Waals surface area contributed by atoms with Crippen LogP contribution in [0.1, 0.15) is 46.7 Å². The van der Waals surface area contributed by atoms with Gasteiger partial charge in [0.05, 0.1) is 16.7 Å². The molecule has 0 saturated carbocycles. The number of fused-ring (bicyclic) bond motifs is 2. The predicted octanol–water partition coefficient (Wildman–Crippen LogP) is 5.41. The number of nitrogens with zero attached hydrogens (tertiary/aromatic N) is 2. The van der Waals surface area contributed by atoms with Gasteiger partial charge in [-0.3, -0.25) is 14.6 Å². The molecule has 7 heteroatoms. The molecular formula is C31H33N5O2. The number of amides is 2. The summed E-state index contributed by atoms with van der Waals surface area (Å²) in [6.45, 7) is 11.3. The highest BCUT2D eigenvalue weighted by atomic mass is 16.2. The van der Waals surface area contributed by atoms with Gasteiger partial charge in [0.1, 0.15) is 0 Å². The molecule has 2 aromatic carbocycles. The third-order valence-electron chi connectivity index (χ3n) is 7.33. The van der Waals surface area contributed by atoms with Gasteiger partial charge in [-0.1, -0.05) is 38.1 Å². The number of aromatic nitrogens is 2. The molecular weight excluding hydrogens is 474 g/mol. The van der Waals surface area contributed by atoms with Gasteiger partial charge in [0.15, 0.2) is 0 Å². The number of aromatic amines is 1. The van der Waals surface area contributed by atoms with E-state index in [1.54, 1.807) is 0 Å². The molecule has 3 N–H and O–H groups in total. The summed E-state index contributed by atoms with van der Waals surface area (Å²) in [5.41, 5.74) is 8.08. The quantitative estimate of drug-likeness (QED) is 0.278. The van der Waals surface area contributed by atoms with E-state index < -0.39 is 0 Å². The molecule has 0 aliphatic carbocycles. The number of para-hydroxylation sites is 1. The molecule has 0 saturated heterocycles. The molecule has 3 heterocycles. The van der Waals surface area contributed by atoms with E-state index >= 15 is 0 Å². The van der Waals surface area contributed by atoms with Crippen LogP contribution in [0.5, 0.6) is 0 Å². The van der Waals surface area contributed by atoms with Gasteiger partial charge in [-0.2, -0.15) is 0 Å². The molecule has 0 bridgehead atoms. The topological polar surface area (TPSA) is 90.1 Å².